The second-order valence-corrected chi connectivity index (χ2v) is 6.64. The van der Waals surface area contributed by atoms with Gasteiger partial charge in [-0.05, 0) is 36.4 Å². The Labute approximate surface area is 178 Å². The van der Waals surface area contributed by atoms with Crippen LogP contribution >= 0.6 is 0 Å². The Morgan fingerprint density at radius 3 is 2.59 bits per heavy atom. The number of anilines is 2. The molecule has 0 unspecified atom stereocenters. The van der Waals surface area contributed by atoms with Gasteiger partial charge in [-0.15, -0.1) is 0 Å². The van der Waals surface area contributed by atoms with Crippen LogP contribution in [-0.4, -0.2) is 27.9 Å². The van der Waals surface area contributed by atoms with Crippen LogP contribution in [0.1, 0.15) is 16.1 Å². The number of nitrogens with zero attached hydrogens (tertiary/aromatic N) is 2. The molecule has 2 heterocycles. The Bertz CT molecular complexity index is 1300. The van der Waals surface area contributed by atoms with E-state index in [1.54, 1.807) is 24.3 Å². The molecule has 0 aliphatic carbocycles. The van der Waals surface area contributed by atoms with Crippen molar-refractivity contribution in [1.29, 1.82) is 0 Å². The summed E-state index contributed by atoms with van der Waals surface area (Å²) in [6.45, 7) is 0. The molecule has 11 heteroatoms. The first kappa shape index (κ1) is 21.1. The van der Waals surface area contributed by atoms with Crippen LogP contribution in [0.5, 0.6) is 11.5 Å². The van der Waals surface area contributed by atoms with E-state index in [9.17, 15) is 22.4 Å². The number of hydrogen-bond donors (Lipinski definition) is 3. The number of ether oxygens (including phenoxy) is 1. The molecule has 0 aliphatic rings. The van der Waals surface area contributed by atoms with E-state index < -0.39 is 17.6 Å². The normalized spacial score (nSPS) is 11.4. The molecule has 4 rings (SSSR count). The van der Waals surface area contributed by atoms with Gasteiger partial charge in [0.2, 0.25) is 5.95 Å². The zero-order valence-electron chi connectivity index (χ0n) is 16.4. The van der Waals surface area contributed by atoms with Crippen LogP contribution in [0.4, 0.5) is 29.2 Å². The molecule has 164 valence electrons. The van der Waals surface area contributed by atoms with Crippen molar-refractivity contribution in [2.45, 2.75) is 6.18 Å². The van der Waals surface area contributed by atoms with Gasteiger partial charge < -0.3 is 20.4 Å². The predicted octanol–water partition coefficient (Wildman–Crippen LogP) is 5.01. The summed E-state index contributed by atoms with van der Waals surface area (Å²) in [6, 6.07) is 10.6. The molecule has 0 fully saturated rings. The van der Waals surface area contributed by atoms with E-state index in [1.165, 1.54) is 25.4 Å². The lowest BCUT2D eigenvalue weighted by Gasteiger charge is -2.10. The number of rotatable bonds is 5. The van der Waals surface area contributed by atoms with Crippen LogP contribution in [0.2, 0.25) is 0 Å². The number of nitrogens with one attached hydrogen (secondary N) is 3. The summed E-state index contributed by atoms with van der Waals surface area (Å²) in [4.78, 5) is 22.9. The van der Waals surface area contributed by atoms with E-state index in [4.69, 9.17) is 4.74 Å². The largest absolute Gasteiger partial charge is 0.457 e. The predicted molar refractivity (Wildman–Crippen MR) is 108 cm³/mol. The highest BCUT2D eigenvalue weighted by atomic mass is 19.4. The molecule has 3 N–H and O–H groups in total. The van der Waals surface area contributed by atoms with Gasteiger partial charge >= 0.3 is 6.18 Å². The maximum atomic E-state index is 13.5. The lowest BCUT2D eigenvalue weighted by atomic mass is 10.2. The number of hydrogen-bond acceptors (Lipinski definition) is 5. The molecule has 0 bridgehead atoms. The van der Waals surface area contributed by atoms with Crippen LogP contribution in [0.15, 0.2) is 54.7 Å². The first-order valence-electron chi connectivity index (χ1n) is 9.22. The van der Waals surface area contributed by atoms with Crippen molar-refractivity contribution in [1.82, 2.24) is 20.3 Å². The highest BCUT2D eigenvalue weighted by Crippen LogP contribution is 2.34. The summed E-state index contributed by atoms with van der Waals surface area (Å²) in [7, 11) is 1.49. The average Bonchev–Trinajstić information content (AvgIpc) is 3.15. The van der Waals surface area contributed by atoms with Gasteiger partial charge in [0.15, 0.2) is 0 Å². The molecule has 0 spiro atoms. The number of halogens is 4. The molecule has 0 radical (unpaired) electrons. The number of amides is 1. The maximum absolute atomic E-state index is 13.5. The van der Waals surface area contributed by atoms with Crippen molar-refractivity contribution in [3.8, 4) is 11.5 Å². The van der Waals surface area contributed by atoms with Crippen LogP contribution in [0.3, 0.4) is 0 Å². The number of fused-ring (bicyclic) bond motifs is 1. The lowest BCUT2D eigenvalue weighted by Crippen LogP contribution is -2.18. The van der Waals surface area contributed by atoms with E-state index in [1.807, 2.05) is 0 Å². The second kappa shape index (κ2) is 8.17. The molecular weight excluding hydrogens is 430 g/mol. The standard InChI is InChI=1S/C21H15F4N5O2/c1-26-19(31)18-10-13(6-7-27-18)32-12-3-5-16-17(9-12)30-20(29-16)28-11-2-4-15(22)14(8-11)21(23,24)25/h2-10H,1H3,(H,26,31)(H2,28,29,30). The number of aromatic nitrogens is 3. The van der Waals surface area contributed by atoms with E-state index in [-0.39, 0.29) is 23.2 Å². The number of pyridine rings is 1. The smallest absolute Gasteiger partial charge is 0.419 e. The number of imidazole rings is 1. The Hall–Kier alpha value is -4.15. The first-order valence-corrected chi connectivity index (χ1v) is 9.22. The number of H-pyrrole nitrogens is 1. The Balaban J connectivity index is 1.56. The maximum Gasteiger partial charge on any atom is 0.419 e. The monoisotopic (exact) mass is 445 g/mol. The summed E-state index contributed by atoms with van der Waals surface area (Å²) in [5.74, 6) is -0.736. The highest BCUT2D eigenvalue weighted by molar-refractivity contribution is 5.92. The van der Waals surface area contributed by atoms with Gasteiger partial charge in [0.1, 0.15) is 23.0 Å². The quantitative estimate of drug-likeness (QED) is 0.376. The molecule has 0 aliphatic heterocycles. The molecule has 2 aromatic carbocycles. The zero-order valence-corrected chi connectivity index (χ0v) is 16.4. The summed E-state index contributed by atoms with van der Waals surface area (Å²) >= 11 is 0. The Morgan fingerprint density at radius 1 is 1.06 bits per heavy atom. The van der Waals surface area contributed by atoms with Crippen LogP contribution < -0.4 is 15.4 Å². The molecule has 7 nitrogen and oxygen atoms in total. The molecule has 0 atom stereocenters. The average molecular weight is 445 g/mol. The van der Waals surface area contributed by atoms with Crippen molar-refractivity contribution in [3.05, 3.63) is 71.8 Å². The Morgan fingerprint density at radius 2 is 1.84 bits per heavy atom. The first-order chi connectivity index (χ1) is 15.2. The summed E-state index contributed by atoms with van der Waals surface area (Å²) in [6.07, 6.45) is -3.38. The molecule has 2 aromatic heterocycles. The second-order valence-electron chi connectivity index (χ2n) is 6.64. The van der Waals surface area contributed by atoms with E-state index in [0.29, 0.717) is 28.6 Å². The SMILES string of the molecule is CNC(=O)c1cc(Oc2ccc3[nH]c(Nc4ccc(F)c(C(F)(F)F)c4)nc3c2)ccn1. The number of carbonyl (C=O) groups is 1. The van der Waals surface area contributed by atoms with Crippen LogP contribution in [0, 0.1) is 5.82 Å². The van der Waals surface area contributed by atoms with Crippen molar-refractivity contribution < 1.29 is 27.1 Å². The van der Waals surface area contributed by atoms with Gasteiger partial charge in [-0.2, -0.15) is 13.2 Å². The number of aromatic amines is 1. The van der Waals surface area contributed by atoms with E-state index in [0.717, 1.165) is 6.07 Å². The number of carbonyl (C=O) groups excluding carboxylic acids is 1. The molecule has 1 amide bonds. The topological polar surface area (TPSA) is 91.9 Å². The number of benzene rings is 2. The number of alkyl halides is 3. The molecule has 4 aromatic rings. The third-order valence-corrected chi connectivity index (χ3v) is 4.42. The third kappa shape index (κ3) is 4.46. The minimum atomic E-state index is -4.81. The molecular formula is C21H15F4N5O2. The molecule has 0 saturated carbocycles. The van der Waals surface area contributed by atoms with E-state index >= 15 is 0 Å². The highest BCUT2D eigenvalue weighted by Gasteiger charge is 2.34. The fourth-order valence-corrected chi connectivity index (χ4v) is 2.93. The van der Waals surface area contributed by atoms with Crippen molar-refractivity contribution >= 4 is 28.6 Å². The lowest BCUT2D eigenvalue weighted by molar-refractivity contribution is -0.139. The summed E-state index contributed by atoms with van der Waals surface area (Å²) in [5, 5.41) is 5.17. The zero-order chi connectivity index (χ0) is 22.9. The fourth-order valence-electron chi connectivity index (χ4n) is 2.93. The van der Waals surface area contributed by atoms with Crippen LogP contribution in [0.25, 0.3) is 11.0 Å². The third-order valence-electron chi connectivity index (χ3n) is 4.42. The van der Waals surface area contributed by atoms with Crippen LogP contribution in [-0.2, 0) is 6.18 Å². The van der Waals surface area contributed by atoms with Gasteiger partial charge in [0, 0.05) is 31.1 Å². The van der Waals surface area contributed by atoms with Crippen molar-refractivity contribution in [3.63, 3.8) is 0 Å². The van der Waals surface area contributed by atoms with Gasteiger partial charge in [0.05, 0.1) is 16.6 Å². The Kier molecular flexibility index (Phi) is 5.39. The van der Waals surface area contributed by atoms with E-state index in [2.05, 4.69) is 25.6 Å². The molecule has 0 saturated heterocycles. The van der Waals surface area contributed by atoms with Gasteiger partial charge in [0.25, 0.3) is 5.91 Å². The summed E-state index contributed by atoms with van der Waals surface area (Å²) < 4.78 is 58.0. The fraction of sp³-hybridized carbons (Fsp3) is 0.0952. The summed E-state index contributed by atoms with van der Waals surface area (Å²) in [5.41, 5.74) is -0.0899. The van der Waals surface area contributed by atoms with Gasteiger partial charge in [-0.1, -0.05) is 0 Å². The van der Waals surface area contributed by atoms with Gasteiger partial charge in [-0.25, -0.2) is 9.37 Å². The van der Waals surface area contributed by atoms with Crippen molar-refractivity contribution in [2.75, 3.05) is 12.4 Å². The van der Waals surface area contributed by atoms with Crippen molar-refractivity contribution in [2.24, 2.45) is 0 Å². The van der Waals surface area contributed by atoms with Gasteiger partial charge in [-0.3, -0.25) is 9.78 Å². The minimum absolute atomic E-state index is 0.0211. The minimum Gasteiger partial charge on any atom is -0.457 e. The molecule has 32 heavy (non-hydrogen) atoms.